The normalized spacial score (nSPS) is 33.3. The largest absolute Gasteiger partial charge is 0.472 e. The molecule has 0 saturated carbocycles. The highest BCUT2D eigenvalue weighted by molar-refractivity contribution is 5.90. The zero-order chi connectivity index (χ0) is 19.3. The minimum Gasteiger partial charge on any atom is -0.472 e. The number of nitrogens with zero attached hydrogens (tertiary/aromatic N) is 3. The second kappa shape index (κ2) is 5.45. The fraction of sp³-hybridized carbons (Fsp3) is 0.300. The molecular formula is C20H14N4O3. The zero-order valence-corrected chi connectivity index (χ0v) is 14.3. The Morgan fingerprint density at radius 2 is 1.70 bits per heavy atom. The summed E-state index contributed by atoms with van der Waals surface area (Å²) in [6.45, 7) is 1.63. The van der Waals surface area contributed by atoms with Gasteiger partial charge in [0, 0.05) is 12.5 Å². The summed E-state index contributed by atoms with van der Waals surface area (Å²) in [6.07, 6.45) is 1.66. The molecular weight excluding hydrogens is 344 g/mol. The molecule has 7 heteroatoms. The van der Waals surface area contributed by atoms with Crippen LogP contribution in [0.1, 0.15) is 30.1 Å². The first kappa shape index (κ1) is 16.8. The van der Waals surface area contributed by atoms with Gasteiger partial charge < -0.3 is 13.9 Å². The third kappa shape index (κ3) is 1.83. The van der Waals surface area contributed by atoms with E-state index in [9.17, 15) is 15.8 Å². The maximum absolute atomic E-state index is 10.2. The number of hydrogen-bond donors (Lipinski definition) is 1. The fourth-order valence-electron chi connectivity index (χ4n) is 4.36. The molecule has 4 unspecified atom stereocenters. The number of fused-ring (bicyclic) bond motifs is 2. The van der Waals surface area contributed by atoms with Gasteiger partial charge in [-0.05, 0) is 11.6 Å². The van der Waals surface area contributed by atoms with Crippen molar-refractivity contribution in [1.82, 2.24) is 0 Å². The third-order valence-electron chi connectivity index (χ3n) is 5.50. The molecule has 2 saturated heterocycles. The lowest BCUT2D eigenvalue weighted by Crippen LogP contribution is -2.57. The Bertz CT molecular complexity index is 1010. The van der Waals surface area contributed by atoms with Crippen molar-refractivity contribution in [3.8, 4) is 18.2 Å². The Kier molecular flexibility index (Phi) is 3.40. The monoisotopic (exact) mass is 358 g/mol. The van der Waals surface area contributed by atoms with Gasteiger partial charge in [0.1, 0.15) is 6.10 Å². The van der Waals surface area contributed by atoms with E-state index in [4.69, 9.17) is 19.3 Å². The van der Waals surface area contributed by atoms with Crippen molar-refractivity contribution in [2.75, 3.05) is 0 Å². The molecule has 2 fully saturated rings. The van der Waals surface area contributed by atoms with E-state index in [1.807, 2.05) is 18.2 Å². The van der Waals surface area contributed by atoms with Crippen LogP contribution in [0.4, 0.5) is 0 Å². The maximum Gasteiger partial charge on any atom is 0.218 e. The highest BCUT2D eigenvalue weighted by atomic mass is 16.7. The SMILES string of the molecule is CC12OC(=N)C(C#N)(C1c1ccccc1)C(C#N)(C#N)C(c1ccoc1)O2. The maximum atomic E-state index is 10.2. The average Bonchev–Trinajstić information content (AvgIpc) is 3.27. The van der Waals surface area contributed by atoms with E-state index >= 15 is 0 Å². The lowest BCUT2D eigenvalue weighted by atomic mass is 9.52. The Morgan fingerprint density at radius 3 is 2.26 bits per heavy atom. The summed E-state index contributed by atoms with van der Waals surface area (Å²) >= 11 is 0. The second-order valence-electron chi connectivity index (χ2n) is 6.80. The van der Waals surface area contributed by atoms with Crippen molar-refractivity contribution >= 4 is 5.90 Å². The standard InChI is InChI=1S/C20H14N4O3/c1-18-15(13-5-3-2-4-6-13)20(12-23,17(24)27-18)19(10-21,11-22)16(26-18)14-7-8-25-9-14/h2-9,15-16,24H,1H3. The quantitative estimate of drug-likeness (QED) is 0.876. The van der Waals surface area contributed by atoms with E-state index in [-0.39, 0.29) is 0 Å². The van der Waals surface area contributed by atoms with Crippen LogP contribution in [0.2, 0.25) is 0 Å². The van der Waals surface area contributed by atoms with Crippen LogP contribution in [0.3, 0.4) is 0 Å². The number of nitrogens with one attached hydrogen (secondary N) is 1. The van der Waals surface area contributed by atoms with Gasteiger partial charge in [0.2, 0.25) is 17.1 Å². The van der Waals surface area contributed by atoms with Crippen LogP contribution in [-0.4, -0.2) is 11.7 Å². The van der Waals surface area contributed by atoms with Crippen molar-refractivity contribution in [2.45, 2.75) is 24.7 Å². The van der Waals surface area contributed by atoms with Crippen molar-refractivity contribution in [3.05, 3.63) is 60.1 Å². The first-order valence-corrected chi connectivity index (χ1v) is 8.26. The molecule has 132 valence electrons. The van der Waals surface area contributed by atoms with Gasteiger partial charge in [-0.1, -0.05) is 30.3 Å². The van der Waals surface area contributed by atoms with Crippen molar-refractivity contribution < 1.29 is 13.9 Å². The van der Waals surface area contributed by atoms with Gasteiger partial charge in [-0.25, -0.2) is 0 Å². The van der Waals surface area contributed by atoms with Gasteiger partial charge in [-0.2, -0.15) is 15.8 Å². The molecule has 4 atom stereocenters. The number of hydrogen-bond acceptors (Lipinski definition) is 7. The third-order valence-corrected chi connectivity index (χ3v) is 5.50. The average molecular weight is 358 g/mol. The number of nitriles is 3. The molecule has 0 amide bonds. The van der Waals surface area contributed by atoms with Gasteiger partial charge in [-0.15, -0.1) is 0 Å². The summed E-state index contributed by atoms with van der Waals surface area (Å²) in [5.41, 5.74) is -2.75. The Hall–Kier alpha value is -3.60. The molecule has 1 N–H and O–H groups in total. The molecule has 0 radical (unpaired) electrons. The number of ether oxygens (including phenoxy) is 2. The summed E-state index contributed by atoms with van der Waals surface area (Å²) in [6, 6.07) is 16.6. The second-order valence-corrected chi connectivity index (χ2v) is 6.80. The topological polar surface area (TPSA) is 127 Å². The van der Waals surface area contributed by atoms with Crippen molar-refractivity contribution in [2.24, 2.45) is 10.8 Å². The van der Waals surface area contributed by atoms with Crippen molar-refractivity contribution in [1.29, 1.82) is 21.2 Å². The molecule has 2 aliphatic rings. The first-order chi connectivity index (χ1) is 13.0. The number of rotatable bonds is 2. The van der Waals surface area contributed by atoms with Crippen LogP contribution >= 0.6 is 0 Å². The lowest BCUT2D eigenvalue weighted by molar-refractivity contribution is -0.253. The minimum absolute atomic E-state index is 0.435. The van der Waals surface area contributed by atoms with Gasteiger partial charge in [0.15, 0.2) is 5.41 Å². The molecule has 0 spiro atoms. The minimum atomic E-state index is -2.00. The van der Waals surface area contributed by atoms with Gasteiger partial charge in [-0.3, -0.25) is 5.41 Å². The van der Waals surface area contributed by atoms with E-state index < -0.39 is 34.5 Å². The molecule has 0 aliphatic carbocycles. The Morgan fingerprint density at radius 1 is 1.00 bits per heavy atom. The van der Waals surface area contributed by atoms with E-state index in [2.05, 4.69) is 6.07 Å². The van der Waals surface area contributed by atoms with Gasteiger partial charge >= 0.3 is 0 Å². The predicted octanol–water partition coefficient (Wildman–Crippen LogP) is 3.40. The number of furan rings is 1. The molecule has 2 aliphatic heterocycles. The van der Waals surface area contributed by atoms with E-state index in [1.54, 1.807) is 37.3 Å². The van der Waals surface area contributed by atoms with E-state index in [1.165, 1.54) is 12.5 Å². The Balaban J connectivity index is 2.06. The van der Waals surface area contributed by atoms with Crippen LogP contribution in [0.15, 0.2) is 53.3 Å². The van der Waals surface area contributed by atoms with Crippen LogP contribution in [-0.2, 0) is 9.47 Å². The van der Waals surface area contributed by atoms with Crippen LogP contribution in [0.25, 0.3) is 0 Å². The molecule has 1 aromatic carbocycles. The summed E-state index contributed by atoms with van der Waals surface area (Å²) in [5, 5.41) is 38.9. The summed E-state index contributed by atoms with van der Waals surface area (Å²) in [4.78, 5) is 0. The summed E-state index contributed by atoms with van der Waals surface area (Å²) < 4.78 is 17.0. The highest BCUT2D eigenvalue weighted by Gasteiger charge is 2.79. The zero-order valence-electron chi connectivity index (χ0n) is 14.3. The smallest absolute Gasteiger partial charge is 0.218 e. The van der Waals surface area contributed by atoms with Crippen LogP contribution in [0.5, 0.6) is 0 Å². The van der Waals surface area contributed by atoms with Gasteiger partial charge in [0.05, 0.1) is 36.7 Å². The van der Waals surface area contributed by atoms with Gasteiger partial charge in [0.25, 0.3) is 0 Å². The summed E-state index contributed by atoms with van der Waals surface area (Å²) in [7, 11) is 0. The first-order valence-electron chi connectivity index (χ1n) is 8.26. The molecule has 27 heavy (non-hydrogen) atoms. The van der Waals surface area contributed by atoms with Crippen LogP contribution < -0.4 is 0 Å². The number of benzene rings is 1. The predicted molar refractivity (Wildman–Crippen MR) is 90.6 cm³/mol. The van der Waals surface area contributed by atoms with E-state index in [0.29, 0.717) is 11.1 Å². The fourth-order valence-corrected chi connectivity index (χ4v) is 4.36. The van der Waals surface area contributed by atoms with Crippen LogP contribution in [0, 0.1) is 50.2 Å². The highest BCUT2D eigenvalue weighted by Crippen LogP contribution is 2.69. The summed E-state index contributed by atoms with van der Waals surface area (Å²) in [5.74, 6) is -2.66. The molecule has 1 aromatic heterocycles. The van der Waals surface area contributed by atoms with Crippen molar-refractivity contribution in [3.63, 3.8) is 0 Å². The molecule has 4 rings (SSSR count). The molecule has 7 nitrogen and oxygen atoms in total. The lowest BCUT2D eigenvalue weighted by Gasteiger charge is -2.48. The molecule has 2 aromatic rings. The Labute approximate surface area is 155 Å². The van der Waals surface area contributed by atoms with E-state index in [0.717, 1.165) is 0 Å². The molecule has 2 bridgehead atoms. The molecule has 3 heterocycles.